The SMILES string of the molecule is CC(C)[C@@H]1O[C@@H](c2ccccc2)C[C@H]1S(=O)(=O)c1ccccc1. The Balaban J connectivity index is 1.94. The molecule has 23 heavy (non-hydrogen) atoms. The van der Waals surface area contributed by atoms with Gasteiger partial charge in [-0.05, 0) is 30.0 Å². The van der Waals surface area contributed by atoms with Crippen LogP contribution in [0.25, 0.3) is 0 Å². The van der Waals surface area contributed by atoms with Crippen molar-refractivity contribution in [3.8, 4) is 0 Å². The number of rotatable bonds is 4. The Bertz CT molecular complexity index is 739. The van der Waals surface area contributed by atoms with Gasteiger partial charge in [-0.2, -0.15) is 0 Å². The topological polar surface area (TPSA) is 43.4 Å². The van der Waals surface area contributed by atoms with E-state index in [0.717, 1.165) is 5.56 Å². The largest absolute Gasteiger partial charge is 0.369 e. The maximum Gasteiger partial charge on any atom is 0.183 e. The quantitative estimate of drug-likeness (QED) is 0.850. The Morgan fingerprint density at radius 3 is 2.09 bits per heavy atom. The third-order valence-corrected chi connectivity index (χ3v) is 6.62. The highest BCUT2D eigenvalue weighted by Crippen LogP contribution is 2.41. The molecule has 1 aliphatic rings. The van der Waals surface area contributed by atoms with Crippen LogP contribution in [0, 0.1) is 5.92 Å². The van der Waals surface area contributed by atoms with Gasteiger partial charge in [0, 0.05) is 0 Å². The lowest BCUT2D eigenvalue weighted by atomic mass is 10.0. The van der Waals surface area contributed by atoms with Crippen LogP contribution < -0.4 is 0 Å². The minimum Gasteiger partial charge on any atom is -0.369 e. The molecule has 3 atom stereocenters. The maximum absolute atomic E-state index is 13.0. The second kappa shape index (κ2) is 6.46. The van der Waals surface area contributed by atoms with Crippen molar-refractivity contribution < 1.29 is 13.2 Å². The molecule has 0 aromatic heterocycles. The van der Waals surface area contributed by atoms with Gasteiger partial charge in [0.05, 0.1) is 22.4 Å². The van der Waals surface area contributed by atoms with Gasteiger partial charge in [0.2, 0.25) is 0 Å². The molecule has 0 saturated carbocycles. The number of ether oxygens (including phenoxy) is 1. The molecule has 122 valence electrons. The van der Waals surface area contributed by atoms with Crippen molar-refractivity contribution in [2.24, 2.45) is 5.92 Å². The minimum absolute atomic E-state index is 0.146. The summed E-state index contributed by atoms with van der Waals surface area (Å²) in [5.41, 5.74) is 1.05. The highest BCUT2D eigenvalue weighted by Gasteiger charge is 2.45. The predicted molar refractivity (Wildman–Crippen MR) is 90.9 cm³/mol. The predicted octanol–water partition coefficient (Wildman–Crippen LogP) is 4.02. The average molecular weight is 330 g/mol. The fourth-order valence-corrected chi connectivity index (χ4v) is 5.28. The molecule has 1 saturated heterocycles. The van der Waals surface area contributed by atoms with Crippen molar-refractivity contribution in [2.75, 3.05) is 0 Å². The molecule has 0 amide bonds. The van der Waals surface area contributed by atoms with Crippen LogP contribution in [0.4, 0.5) is 0 Å². The van der Waals surface area contributed by atoms with Gasteiger partial charge >= 0.3 is 0 Å². The van der Waals surface area contributed by atoms with Crippen LogP contribution in [0.15, 0.2) is 65.6 Å². The van der Waals surface area contributed by atoms with E-state index in [9.17, 15) is 8.42 Å². The van der Waals surface area contributed by atoms with Crippen LogP contribution in [-0.4, -0.2) is 19.8 Å². The van der Waals surface area contributed by atoms with E-state index in [2.05, 4.69) is 0 Å². The minimum atomic E-state index is -3.40. The van der Waals surface area contributed by atoms with E-state index in [0.29, 0.717) is 11.3 Å². The Morgan fingerprint density at radius 1 is 0.957 bits per heavy atom. The summed E-state index contributed by atoms with van der Waals surface area (Å²) in [6.45, 7) is 4.04. The van der Waals surface area contributed by atoms with Gasteiger partial charge in [-0.3, -0.25) is 0 Å². The fraction of sp³-hybridized carbons (Fsp3) is 0.368. The standard InChI is InChI=1S/C19H22O3S/c1-14(2)19-18(23(20,21)16-11-7-4-8-12-16)13-17(22-19)15-9-5-3-6-10-15/h3-12,14,17-19H,13H2,1-2H3/t17-,18-,19+/m1/s1. The Morgan fingerprint density at radius 2 is 1.52 bits per heavy atom. The highest BCUT2D eigenvalue weighted by molar-refractivity contribution is 7.92. The van der Waals surface area contributed by atoms with Crippen LogP contribution >= 0.6 is 0 Å². The van der Waals surface area contributed by atoms with E-state index in [-0.39, 0.29) is 18.1 Å². The molecule has 0 unspecified atom stereocenters. The van der Waals surface area contributed by atoms with Gasteiger partial charge in [-0.1, -0.05) is 62.4 Å². The zero-order valence-corrected chi connectivity index (χ0v) is 14.2. The van der Waals surface area contributed by atoms with Gasteiger partial charge in [-0.25, -0.2) is 8.42 Å². The molecule has 1 aliphatic heterocycles. The second-order valence-electron chi connectivity index (χ2n) is 6.38. The fourth-order valence-electron chi connectivity index (χ4n) is 3.23. The molecule has 0 radical (unpaired) electrons. The van der Waals surface area contributed by atoms with Gasteiger partial charge < -0.3 is 4.74 Å². The summed E-state index contributed by atoms with van der Waals surface area (Å²) in [4.78, 5) is 0.382. The Kier molecular flexibility index (Phi) is 4.55. The molecular weight excluding hydrogens is 308 g/mol. The molecular formula is C19H22O3S. The van der Waals surface area contributed by atoms with Gasteiger partial charge in [0.15, 0.2) is 9.84 Å². The van der Waals surface area contributed by atoms with Crippen LogP contribution in [0.5, 0.6) is 0 Å². The summed E-state index contributed by atoms with van der Waals surface area (Å²) in [5.74, 6) is 0.146. The van der Waals surface area contributed by atoms with Crippen LogP contribution in [0.2, 0.25) is 0 Å². The van der Waals surface area contributed by atoms with Crippen molar-refractivity contribution in [3.63, 3.8) is 0 Å². The summed E-state index contributed by atoms with van der Waals surface area (Å²) < 4.78 is 32.2. The first-order chi connectivity index (χ1) is 11.0. The number of hydrogen-bond donors (Lipinski definition) is 0. The number of sulfone groups is 1. The summed E-state index contributed by atoms with van der Waals surface area (Å²) in [6, 6.07) is 18.6. The molecule has 1 fully saturated rings. The molecule has 0 aliphatic carbocycles. The third-order valence-electron chi connectivity index (χ3n) is 4.43. The van der Waals surface area contributed by atoms with Crippen molar-refractivity contribution in [3.05, 3.63) is 66.2 Å². The summed E-state index contributed by atoms with van der Waals surface area (Å²) in [7, 11) is -3.40. The Hall–Kier alpha value is -1.65. The molecule has 2 aromatic rings. The molecule has 2 aromatic carbocycles. The van der Waals surface area contributed by atoms with Crippen molar-refractivity contribution in [1.82, 2.24) is 0 Å². The first-order valence-corrected chi connectivity index (χ1v) is 9.54. The zero-order chi connectivity index (χ0) is 16.4. The van der Waals surface area contributed by atoms with Crippen molar-refractivity contribution in [1.29, 1.82) is 0 Å². The van der Waals surface area contributed by atoms with E-state index in [4.69, 9.17) is 4.74 Å². The Labute approximate surface area is 138 Å². The summed E-state index contributed by atoms with van der Waals surface area (Å²) >= 11 is 0. The average Bonchev–Trinajstić information content (AvgIpc) is 3.03. The number of hydrogen-bond acceptors (Lipinski definition) is 3. The van der Waals surface area contributed by atoms with Crippen LogP contribution in [0.3, 0.4) is 0 Å². The van der Waals surface area contributed by atoms with Crippen LogP contribution in [0.1, 0.15) is 31.9 Å². The van der Waals surface area contributed by atoms with E-state index in [1.165, 1.54) is 0 Å². The molecule has 0 N–H and O–H groups in total. The van der Waals surface area contributed by atoms with Gasteiger partial charge in [0.1, 0.15) is 0 Å². The third kappa shape index (κ3) is 3.19. The molecule has 0 spiro atoms. The highest BCUT2D eigenvalue weighted by atomic mass is 32.2. The molecule has 0 bridgehead atoms. The zero-order valence-electron chi connectivity index (χ0n) is 13.4. The maximum atomic E-state index is 13.0. The smallest absolute Gasteiger partial charge is 0.183 e. The first-order valence-electron chi connectivity index (χ1n) is 7.99. The van der Waals surface area contributed by atoms with E-state index >= 15 is 0 Å². The lowest BCUT2D eigenvalue weighted by molar-refractivity contribution is 0.0196. The van der Waals surface area contributed by atoms with E-state index in [1.54, 1.807) is 24.3 Å². The van der Waals surface area contributed by atoms with Crippen molar-refractivity contribution >= 4 is 9.84 Å². The van der Waals surface area contributed by atoms with Crippen LogP contribution in [-0.2, 0) is 14.6 Å². The van der Waals surface area contributed by atoms with Gasteiger partial charge in [-0.15, -0.1) is 0 Å². The second-order valence-corrected chi connectivity index (χ2v) is 8.54. The van der Waals surface area contributed by atoms with Crippen molar-refractivity contribution in [2.45, 2.75) is 42.6 Å². The van der Waals surface area contributed by atoms with E-state index < -0.39 is 15.1 Å². The van der Waals surface area contributed by atoms with E-state index in [1.807, 2.05) is 50.2 Å². The summed E-state index contributed by atoms with van der Waals surface area (Å²) in [5, 5.41) is -0.505. The normalized spacial score (nSPS) is 24.9. The number of benzene rings is 2. The first kappa shape index (κ1) is 16.2. The molecule has 3 nitrogen and oxygen atoms in total. The summed E-state index contributed by atoms with van der Waals surface area (Å²) in [6.07, 6.45) is 0.0573. The monoisotopic (exact) mass is 330 g/mol. The lowest BCUT2D eigenvalue weighted by Gasteiger charge is -2.22. The van der Waals surface area contributed by atoms with Gasteiger partial charge in [0.25, 0.3) is 0 Å². The molecule has 1 heterocycles. The molecule has 4 heteroatoms. The molecule has 3 rings (SSSR count). The lowest BCUT2D eigenvalue weighted by Crippen LogP contribution is -2.34.